The highest BCUT2D eigenvalue weighted by atomic mass is 35.5. The zero-order chi connectivity index (χ0) is 14.0. The lowest BCUT2D eigenvalue weighted by molar-refractivity contribution is -0.150. The summed E-state index contributed by atoms with van der Waals surface area (Å²) < 4.78 is 11.6. The maximum atomic E-state index is 6.33. The van der Waals surface area contributed by atoms with E-state index in [0.717, 1.165) is 50.5 Å². The van der Waals surface area contributed by atoms with Crippen molar-refractivity contribution in [1.82, 2.24) is 5.32 Å². The van der Waals surface area contributed by atoms with Gasteiger partial charge in [-0.1, -0.05) is 11.6 Å². The van der Waals surface area contributed by atoms with E-state index in [2.05, 4.69) is 10.7 Å². The van der Waals surface area contributed by atoms with Crippen LogP contribution in [0.5, 0.6) is 0 Å². The monoisotopic (exact) mass is 315 g/mol. The number of hydrogen-bond donors (Lipinski definition) is 1. The Hall–Kier alpha value is -0.130. The van der Waals surface area contributed by atoms with Gasteiger partial charge in [0, 0.05) is 30.7 Å². The van der Waals surface area contributed by atoms with Gasteiger partial charge < -0.3 is 14.8 Å². The molecule has 1 aromatic rings. The van der Waals surface area contributed by atoms with Crippen LogP contribution in [-0.4, -0.2) is 32.5 Å². The van der Waals surface area contributed by atoms with Gasteiger partial charge in [-0.2, -0.15) is 0 Å². The van der Waals surface area contributed by atoms with Crippen LogP contribution in [0, 0.1) is 5.92 Å². The van der Waals surface area contributed by atoms with Crippen molar-refractivity contribution in [2.75, 3.05) is 26.9 Å². The lowest BCUT2D eigenvalue weighted by Crippen LogP contribution is -2.46. The maximum Gasteiger partial charge on any atom is 0.0729 e. The summed E-state index contributed by atoms with van der Waals surface area (Å²) in [4.78, 5) is 1.27. The Morgan fingerprint density at radius 2 is 2.20 bits per heavy atom. The van der Waals surface area contributed by atoms with E-state index in [4.69, 9.17) is 21.1 Å². The van der Waals surface area contributed by atoms with Gasteiger partial charge in [-0.15, -0.1) is 11.3 Å². The second-order valence-electron chi connectivity index (χ2n) is 5.80. The van der Waals surface area contributed by atoms with E-state index in [1.165, 1.54) is 4.88 Å². The van der Waals surface area contributed by atoms with Crippen molar-refractivity contribution in [2.24, 2.45) is 5.92 Å². The summed E-state index contributed by atoms with van der Waals surface area (Å²) >= 11 is 8.08. The molecule has 20 heavy (non-hydrogen) atoms. The molecule has 1 N–H and O–H groups in total. The second-order valence-corrected chi connectivity index (χ2v) is 7.15. The third-order valence-corrected chi connectivity index (χ3v) is 6.09. The first kappa shape index (κ1) is 14.8. The minimum atomic E-state index is 0.0417. The average Bonchev–Trinajstić information content (AvgIpc) is 2.87. The minimum Gasteiger partial charge on any atom is -0.381 e. The fraction of sp³-hybridized carbons (Fsp3) is 0.733. The SMILES string of the molecule is CNC(c1sccc1Cl)C1CCOC2(CCOCC2)C1. The van der Waals surface area contributed by atoms with Gasteiger partial charge in [-0.05, 0) is 50.1 Å². The predicted octanol–water partition coefficient (Wildman–Crippen LogP) is 3.64. The molecule has 1 spiro atoms. The van der Waals surface area contributed by atoms with Crippen molar-refractivity contribution in [1.29, 1.82) is 0 Å². The quantitative estimate of drug-likeness (QED) is 0.924. The van der Waals surface area contributed by atoms with Crippen molar-refractivity contribution in [3.8, 4) is 0 Å². The molecule has 2 unspecified atom stereocenters. The summed E-state index contributed by atoms with van der Waals surface area (Å²) in [6, 6.07) is 2.33. The summed E-state index contributed by atoms with van der Waals surface area (Å²) in [5, 5.41) is 6.44. The molecule has 2 saturated heterocycles. The Morgan fingerprint density at radius 1 is 1.40 bits per heavy atom. The van der Waals surface area contributed by atoms with Crippen molar-refractivity contribution < 1.29 is 9.47 Å². The third kappa shape index (κ3) is 2.90. The molecule has 3 nitrogen and oxygen atoms in total. The van der Waals surface area contributed by atoms with Crippen molar-refractivity contribution in [3.05, 3.63) is 21.3 Å². The molecule has 0 aromatic carbocycles. The highest BCUT2D eigenvalue weighted by Gasteiger charge is 2.41. The number of rotatable bonds is 3. The average molecular weight is 316 g/mol. The van der Waals surface area contributed by atoms with E-state index in [1.54, 1.807) is 11.3 Å². The predicted molar refractivity (Wildman–Crippen MR) is 82.6 cm³/mol. The first-order chi connectivity index (χ1) is 9.74. The highest BCUT2D eigenvalue weighted by Crippen LogP contribution is 2.44. The number of hydrogen-bond acceptors (Lipinski definition) is 4. The normalized spacial score (nSPS) is 27.6. The van der Waals surface area contributed by atoms with Gasteiger partial charge >= 0.3 is 0 Å². The zero-order valence-corrected chi connectivity index (χ0v) is 13.4. The summed E-state index contributed by atoms with van der Waals surface area (Å²) in [6.45, 7) is 2.51. The van der Waals surface area contributed by atoms with Crippen LogP contribution in [0.15, 0.2) is 11.4 Å². The largest absolute Gasteiger partial charge is 0.381 e. The lowest BCUT2D eigenvalue weighted by Gasteiger charge is -2.45. The van der Waals surface area contributed by atoms with Crippen molar-refractivity contribution in [3.63, 3.8) is 0 Å². The van der Waals surface area contributed by atoms with E-state index in [9.17, 15) is 0 Å². The molecule has 2 atom stereocenters. The Labute approximate surface area is 129 Å². The summed E-state index contributed by atoms with van der Waals surface area (Å²) in [7, 11) is 2.03. The summed E-state index contributed by atoms with van der Waals surface area (Å²) in [5.41, 5.74) is 0.0417. The zero-order valence-electron chi connectivity index (χ0n) is 11.9. The molecular weight excluding hydrogens is 294 g/mol. The molecule has 1 aromatic heterocycles. The Morgan fingerprint density at radius 3 is 2.85 bits per heavy atom. The summed E-state index contributed by atoms with van der Waals surface area (Å²) in [5.74, 6) is 0.586. The first-order valence-electron chi connectivity index (χ1n) is 7.36. The smallest absolute Gasteiger partial charge is 0.0729 e. The second kappa shape index (κ2) is 6.32. The molecule has 0 saturated carbocycles. The molecule has 0 amide bonds. The van der Waals surface area contributed by atoms with E-state index in [0.29, 0.717) is 12.0 Å². The lowest BCUT2D eigenvalue weighted by atomic mass is 9.77. The molecule has 0 radical (unpaired) electrons. The van der Waals surface area contributed by atoms with Crippen LogP contribution in [0.25, 0.3) is 0 Å². The van der Waals surface area contributed by atoms with Crippen LogP contribution in [-0.2, 0) is 9.47 Å². The summed E-state index contributed by atoms with van der Waals surface area (Å²) in [6.07, 6.45) is 4.26. The molecule has 112 valence electrons. The topological polar surface area (TPSA) is 30.5 Å². The standard InChI is InChI=1S/C15H22ClNO2S/c1-17-13(14-12(16)3-9-20-14)11-2-6-19-15(10-11)4-7-18-8-5-15/h3,9,11,13,17H,2,4-8,10H2,1H3. The van der Waals surface area contributed by atoms with Crippen LogP contribution in [0.1, 0.15) is 36.6 Å². The Kier molecular flexibility index (Phi) is 4.68. The fourth-order valence-electron chi connectivity index (χ4n) is 3.55. The van der Waals surface area contributed by atoms with Crippen molar-refractivity contribution in [2.45, 2.75) is 37.3 Å². The van der Waals surface area contributed by atoms with Gasteiger partial charge in [0.2, 0.25) is 0 Å². The van der Waals surface area contributed by atoms with Crippen molar-refractivity contribution >= 4 is 22.9 Å². The van der Waals surface area contributed by atoms with Crippen LogP contribution < -0.4 is 5.32 Å². The number of thiophene rings is 1. The number of nitrogens with one attached hydrogen (secondary N) is 1. The van der Waals surface area contributed by atoms with E-state index >= 15 is 0 Å². The highest BCUT2D eigenvalue weighted by molar-refractivity contribution is 7.10. The van der Waals surface area contributed by atoms with Gasteiger partial charge in [0.05, 0.1) is 10.6 Å². The molecule has 0 bridgehead atoms. The van der Waals surface area contributed by atoms with Crippen LogP contribution in [0.3, 0.4) is 0 Å². The third-order valence-electron chi connectivity index (χ3n) is 4.64. The fourth-order valence-corrected chi connectivity index (χ4v) is 4.93. The van der Waals surface area contributed by atoms with Gasteiger partial charge in [0.25, 0.3) is 0 Å². The number of ether oxygens (including phenoxy) is 2. The first-order valence-corrected chi connectivity index (χ1v) is 8.62. The molecular formula is C15H22ClNO2S. The van der Waals surface area contributed by atoms with E-state index in [-0.39, 0.29) is 5.60 Å². The van der Waals surface area contributed by atoms with E-state index < -0.39 is 0 Å². The van der Waals surface area contributed by atoms with Gasteiger partial charge in [-0.3, -0.25) is 0 Å². The van der Waals surface area contributed by atoms with Gasteiger partial charge in [-0.25, -0.2) is 0 Å². The molecule has 0 aliphatic carbocycles. The number of halogens is 1. The molecule has 5 heteroatoms. The van der Waals surface area contributed by atoms with Crippen LogP contribution >= 0.6 is 22.9 Å². The molecule has 3 rings (SSSR count). The van der Waals surface area contributed by atoms with Crippen LogP contribution in [0.4, 0.5) is 0 Å². The molecule has 2 fully saturated rings. The van der Waals surface area contributed by atoms with Gasteiger partial charge in [0.15, 0.2) is 0 Å². The maximum absolute atomic E-state index is 6.33. The Bertz CT molecular complexity index is 439. The molecule has 3 heterocycles. The van der Waals surface area contributed by atoms with Crippen LogP contribution in [0.2, 0.25) is 5.02 Å². The molecule has 2 aliphatic heterocycles. The molecule has 2 aliphatic rings. The Balaban J connectivity index is 1.76. The van der Waals surface area contributed by atoms with E-state index in [1.807, 2.05) is 13.1 Å². The van der Waals surface area contributed by atoms with Gasteiger partial charge in [0.1, 0.15) is 0 Å². The minimum absolute atomic E-state index is 0.0417.